The highest BCUT2D eigenvalue weighted by molar-refractivity contribution is 5.44. The summed E-state index contributed by atoms with van der Waals surface area (Å²) in [5.74, 6) is 0.944. The number of benzene rings is 1. The molecule has 0 saturated heterocycles. The quantitative estimate of drug-likeness (QED) is 0.557. The fourth-order valence-electron chi connectivity index (χ4n) is 3.33. The summed E-state index contributed by atoms with van der Waals surface area (Å²) in [5.41, 5.74) is 3.61. The van der Waals surface area contributed by atoms with Gasteiger partial charge in [0.15, 0.2) is 0 Å². The van der Waals surface area contributed by atoms with Crippen molar-refractivity contribution in [3.8, 4) is 0 Å². The molecule has 1 aliphatic carbocycles. The Hall–Kier alpha value is -1.40. The molecule has 2 rings (SSSR count). The number of rotatable bonds is 4. The fourth-order valence-corrected chi connectivity index (χ4v) is 3.33. The van der Waals surface area contributed by atoms with Gasteiger partial charge in [-0.3, -0.25) is 0 Å². The van der Waals surface area contributed by atoms with E-state index in [1.807, 2.05) is 6.08 Å². The Labute approximate surface area is 122 Å². The van der Waals surface area contributed by atoms with E-state index in [2.05, 4.69) is 50.9 Å². The molecule has 1 fully saturated rings. The molecule has 1 saturated carbocycles. The zero-order chi connectivity index (χ0) is 14.8. The molecule has 0 amide bonds. The van der Waals surface area contributed by atoms with Crippen LogP contribution in [0.15, 0.2) is 23.2 Å². The van der Waals surface area contributed by atoms with Gasteiger partial charge in [0.2, 0.25) is 6.08 Å². The molecule has 0 aromatic heterocycles. The number of isocyanates is 1. The van der Waals surface area contributed by atoms with E-state index in [-0.39, 0.29) is 5.54 Å². The normalized spacial score (nSPS) is 17.5. The summed E-state index contributed by atoms with van der Waals surface area (Å²) in [6.07, 6.45) is 6.09. The van der Waals surface area contributed by atoms with Crippen molar-refractivity contribution < 1.29 is 4.79 Å². The van der Waals surface area contributed by atoms with E-state index in [9.17, 15) is 4.79 Å². The van der Waals surface area contributed by atoms with Gasteiger partial charge < -0.3 is 0 Å². The molecule has 0 N–H and O–H groups in total. The minimum atomic E-state index is -0.313. The van der Waals surface area contributed by atoms with Crippen molar-refractivity contribution in [2.45, 2.75) is 70.8 Å². The fraction of sp³-hybridized carbons (Fsp3) is 0.611. The van der Waals surface area contributed by atoms with Gasteiger partial charge in [0.1, 0.15) is 0 Å². The van der Waals surface area contributed by atoms with Crippen molar-refractivity contribution in [2.75, 3.05) is 0 Å². The van der Waals surface area contributed by atoms with Crippen LogP contribution in [-0.2, 0) is 10.3 Å². The smallest absolute Gasteiger partial charge is 0.211 e. The number of hydrogen-bond acceptors (Lipinski definition) is 2. The Morgan fingerprint density at radius 2 is 1.75 bits per heavy atom. The second-order valence-electron chi connectivity index (χ2n) is 6.60. The van der Waals surface area contributed by atoms with Crippen LogP contribution in [0.5, 0.6) is 0 Å². The minimum Gasteiger partial charge on any atom is -0.211 e. The average Bonchev–Trinajstić information content (AvgIpc) is 2.88. The maximum Gasteiger partial charge on any atom is 0.235 e. The van der Waals surface area contributed by atoms with E-state index in [0.717, 1.165) is 25.7 Å². The van der Waals surface area contributed by atoms with Crippen molar-refractivity contribution in [1.29, 1.82) is 0 Å². The van der Waals surface area contributed by atoms with Crippen LogP contribution in [0.4, 0.5) is 0 Å². The summed E-state index contributed by atoms with van der Waals surface area (Å²) in [6.45, 7) is 8.83. The highest BCUT2D eigenvalue weighted by Gasteiger charge is 2.37. The summed E-state index contributed by atoms with van der Waals surface area (Å²) in [6, 6.07) is 6.73. The highest BCUT2D eigenvalue weighted by atomic mass is 16.1. The third-order valence-electron chi connectivity index (χ3n) is 4.56. The lowest BCUT2D eigenvalue weighted by Gasteiger charge is -2.28. The summed E-state index contributed by atoms with van der Waals surface area (Å²) >= 11 is 0. The molecule has 0 radical (unpaired) electrons. The van der Waals surface area contributed by atoms with Gasteiger partial charge >= 0.3 is 0 Å². The van der Waals surface area contributed by atoms with Crippen LogP contribution >= 0.6 is 0 Å². The van der Waals surface area contributed by atoms with Gasteiger partial charge in [-0.15, -0.1) is 0 Å². The van der Waals surface area contributed by atoms with Crippen LogP contribution in [0.1, 0.15) is 81.9 Å². The number of nitrogens with zero attached hydrogens (tertiary/aromatic N) is 1. The minimum absolute atomic E-state index is 0.313. The van der Waals surface area contributed by atoms with Crippen LogP contribution in [-0.4, -0.2) is 6.08 Å². The van der Waals surface area contributed by atoms with Crippen LogP contribution < -0.4 is 0 Å². The van der Waals surface area contributed by atoms with E-state index in [1.54, 1.807) is 0 Å². The Balaban J connectivity index is 2.61. The number of carbonyl (C=O) groups excluding carboxylic acids is 1. The molecule has 108 valence electrons. The summed E-state index contributed by atoms with van der Waals surface area (Å²) in [4.78, 5) is 15.2. The second kappa shape index (κ2) is 5.93. The first-order chi connectivity index (χ1) is 9.50. The van der Waals surface area contributed by atoms with Crippen LogP contribution in [0.3, 0.4) is 0 Å². The maximum absolute atomic E-state index is 10.9. The Bertz CT molecular complexity index is 518. The summed E-state index contributed by atoms with van der Waals surface area (Å²) < 4.78 is 0. The zero-order valence-electron chi connectivity index (χ0n) is 13.1. The first-order valence-electron chi connectivity index (χ1n) is 7.73. The molecule has 1 aliphatic rings. The molecule has 0 spiro atoms. The summed E-state index contributed by atoms with van der Waals surface area (Å²) in [7, 11) is 0. The van der Waals surface area contributed by atoms with Crippen molar-refractivity contribution >= 4 is 6.08 Å². The van der Waals surface area contributed by atoms with E-state index >= 15 is 0 Å². The monoisotopic (exact) mass is 271 g/mol. The van der Waals surface area contributed by atoms with E-state index in [1.165, 1.54) is 16.7 Å². The van der Waals surface area contributed by atoms with Crippen LogP contribution in [0, 0.1) is 0 Å². The lowest BCUT2D eigenvalue weighted by molar-refractivity contribution is 0.449. The first-order valence-corrected chi connectivity index (χ1v) is 7.73. The lowest BCUT2D eigenvalue weighted by atomic mass is 9.80. The van der Waals surface area contributed by atoms with Gasteiger partial charge in [-0.1, -0.05) is 58.7 Å². The van der Waals surface area contributed by atoms with Gasteiger partial charge in [0, 0.05) is 0 Å². The van der Waals surface area contributed by atoms with Gasteiger partial charge in [0.25, 0.3) is 0 Å². The molecular weight excluding hydrogens is 246 g/mol. The predicted octanol–water partition coefficient (Wildman–Crippen LogP) is 5.04. The first kappa shape index (κ1) is 15.0. The SMILES string of the molecule is CC(C)c1ccc(C(C)C)c(C2(N=C=O)CCCC2)c1. The average molecular weight is 271 g/mol. The van der Waals surface area contributed by atoms with E-state index in [0.29, 0.717) is 11.8 Å². The van der Waals surface area contributed by atoms with Crippen LogP contribution in [0.2, 0.25) is 0 Å². The largest absolute Gasteiger partial charge is 0.235 e. The highest BCUT2D eigenvalue weighted by Crippen LogP contribution is 2.45. The zero-order valence-corrected chi connectivity index (χ0v) is 13.1. The van der Waals surface area contributed by atoms with Crippen LogP contribution in [0.25, 0.3) is 0 Å². The van der Waals surface area contributed by atoms with E-state index in [4.69, 9.17) is 0 Å². The standard InChI is InChI=1S/C18H25NO/c1-13(2)15-7-8-16(14(3)4)17(11-15)18(19-12-20)9-5-6-10-18/h7-8,11,13-14H,5-6,9-10H2,1-4H3. The van der Waals surface area contributed by atoms with E-state index < -0.39 is 0 Å². The van der Waals surface area contributed by atoms with Gasteiger partial charge in [-0.25, -0.2) is 4.79 Å². The Morgan fingerprint density at radius 3 is 2.25 bits per heavy atom. The second-order valence-corrected chi connectivity index (χ2v) is 6.60. The molecule has 0 aliphatic heterocycles. The summed E-state index contributed by atoms with van der Waals surface area (Å²) in [5, 5.41) is 0. The molecule has 0 unspecified atom stereocenters. The number of hydrogen-bond donors (Lipinski definition) is 0. The van der Waals surface area contributed by atoms with Crippen molar-refractivity contribution in [1.82, 2.24) is 0 Å². The third-order valence-corrected chi connectivity index (χ3v) is 4.56. The van der Waals surface area contributed by atoms with Gasteiger partial charge in [-0.05, 0) is 41.4 Å². The third kappa shape index (κ3) is 2.71. The molecule has 0 bridgehead atoms. The van der Waals surface area contributed by atoms with Crippen molar-refractivity contribution in [3.63, 3.8) is 0 Å². The topological polar surface area (TPSA) is 29.4 Å². The molecule has 2 heteroatoms. The van der Waals surface area contributed by atoms with Gasteiger partial charge in [0.05, 0.1) is 5.54 Å². The Morgan fingerprint density at radius 1 is 1.10 bits per heavy atom. The molecular formula is C18H25NO. The molecule has 20 heavy (non-hydrogen) atoms. The molecule has 2 nitrogen and oxygen atoms in total. The molecule has 1 aromatic rings. The van der Waals surface area contributed by atoms with Crippen molar-refractivity contribution in [3.05, 3.63) is 34.9 Å². The maximum atomic E-state index is 10.9. The van der Waals surface area contributed by atoms with Crippen molar-refractivity contribution in [2.24, 2.45) is 4.99 Å². The Kier molecular flexibility index (Phi) is 4.45. The molecule has 0 heterocycles. The number of aliphatic imine (C=N–C) groups is 1. The molecule has 0 atom stereocenters. The molecule has 1 aromatic carbocycles. The van der Waals surface area contributed by atoms with Gasteiger partial charge in [-0.2, -0.15) is 4.99 Å². The predicted molar refractivity (Wildman–Crippen MR) is 82.9 cm³/mol. The lowest BCUT2D eigenvalue weighted by Crippen LogP contribution is -2.22.